The Hall–Kier alpha value is -6.07. The van der Waals surface area contributed by atoms with Crippen LogP contribution in [0.1, 0.15) is 0 Å². The molecule has 5 nitrogen and oxygen atoms in total. The largest absolute Gasteiger partial charge is 0.452 e. The number of fused-ring (bicyclic) bond motifs is 7. The van der Waals surface area contributed by atoms with E-state index in [-0.39, 0.29) is 0 Å². The number of para-hydroxylation sites is 1. The van der Waals surface area contributed by atoms with Gasteiger partial charge >= 0.3 is 0 Å². The van der Waals surface area contributed by atoms with Crippen LogP contribution >= 0.6 is 0 Å². The molecule has 0 spiro atoms. The van der Waals surface area contributed by atoms with E-state index in [9.17, 15) is 0 Å². The van der Waals surface area contributed by atoms with Crippen molar-refractivity contribution >= 4 is 43.9 Å². The standard InChI is InChI=1S/C39H23N3O2/c1-3-10-24(11-4-1)37-40-38(25-12-5-2-6-13-25)42-39(41-37)28-15-9-14-26(22-28)27-18-21-34-32(23-27)31-20-19-30-29-16-7-8-17-33(29)43-35(30)36(31)44-34/h1-23H. The summed E-state index contributed by atoms with van der Waals surface area (Å²) < 4.78 is 12.6. The number of benzene rings is 6. The lowest BCUT2D eigenvalue weighted by atomic mass is 10.00. The number of rotatable bonds is 4. The molecule has 5 heteroatoms. The van der Waals surface area contributed by atoms with Gasteiger partial charge in [0.2, 0.25) is 0 Å². The number of hydrogen-bond donors (Lipinski definition) is 0. The second kappa shape index (κ2) is 9.75. The molecule has 3 heterocycles. The summed E-state index contributed by atoms with van der Waals surface area (Å²) in [5.41, 5.74) is 8.18. The number of hydrogen-bond acceptors (Lipinski definition) is 5. The Balaban J connectivity index is 1.17. The topological polar surface area (TPSA) is 65.0 Å². The van der Waals surface area contributed by atoms with Gasteiger partial charge in [-0.05, 0) is 47.5 Å². The smallest absolute Gasteiger partial charge is 0.178 e. The molecule has 6 aromatic carbocycles. The molecule has 0 saturated carbocycles. The average molecular weight is 566 g/mol. The van der Waals surface area contributed by atoms with Crippen LogP contribution in [0.5, 0.6) is 0 Å². The molecule has 206 valence electrons. The highest BCUT2D eigenvalue weighted by molar-refractivity contribution is 6.19. The second-order valence-electron chi connectivity index (χ2n) is 10.8. The Kier molecular flexibility index (Phi) is 5.43. The van der Waals surface area contributed by atoms with Gasteiger partial charge in [-0.2, -0.15) is 0 Å². The first-order valence-corrected chi connectivity index (χ1v) is 14.5. The van der Waals surface area contributed by atoms with Crippen LogP contribution in [0.25, 0.3) is 89.2 Å². The summed E-state index contributed by atoms with van der Waals surface area (Å²) >= 11 is 0. The number of nitrogens with zero attached hydrogens (tertiary/aromatic N) is 3. The van der Waals surface area contributed by atoms with Gasteiger partial charge in [-0.1, -0.05) is 103 Å². The monoisotopic (exact) mass is 565 g/mol. The molecule has 0 aliphatic carbocycles. The van der Waals surface area contributed by atoms with Crippen molar-refractivity contribution in [3.05, 3.63) is 140 Å². The SMILES string of the molecule is c1ccc(-c2nc(-c3ccccc3)nc(-c3cccc(-c4ccc5oc6c(ccc7c8ccccc8oc76)c5c4)c3)n2)cc1. The predicted molar refractivity (Wildman–Crippen MR) is 176 cm³/mol. The summed E-state index contributed by atoms with van der Waals surface area (Å²) in [7, 11) is 0. The fourth-order valence-corrected chi connectivity index (χ4v) is 5.97. The minimum Gasteiger partial charge on any atom is -0.452 e. The van der Waals surface area contributed by atoms with Crippen LogP contribution < -0.4 is 0 Å². The van der Waals surface area contributed by atoms with Crippen molar-refractivity contribution in [3.63, 3.8) is 0 Å². The van der Waals surface area contributed by atoms with Crippen LogP contribution in [0, 0.1) is 0 Å². The third-order valence-corrected chi connectivity index (χ3v) is 8.14. The van der Waals surface area contributed by atoms with Crippen molar-refractivity contribution in [3.8, 4) is 45.3 Å². The molecule has 0 aliphatic rings. The highest BCUT2D eigenvalue weighted by Gasteiger charge is 2.17. The Morgan fingerprint density at radius 3 is 1.50 bits per heavy atom. The van der Waals surface area contributed by atoms with Crippen LogP contribution in [-0.2, 0) is 0 Å². The minimum atomic E-state index is 0.627. The highest BCUT2D eigenvalue weighted by atomic mass is 16.4. The van der Waals surface area contributed by atoms with Gasteiger partial charge in [0.1, 0.15) is 11.2 Å². The first kappa shape index (κ1) is 24.5. The zero-order valence-electron chi connectivity index (χ0n) is 23.4. The second-order valence-corrected chi connectivity index (χ2v) is 10.8. The molecule has 0 bridgehead atoms. The molecular weight excluding hydrogens is 542 g/mol. The molecule has 0 radical (unpaired) electrons. The quantitative estimate of drug-likeness (QED) is 0.212. The van der Waals surface area contributed by atoms with Gasteiger partial charge in [0.15, 0.2) is 28.6 Å². The van der Waals surface area contributed by atoms with Gasteiger partial charge in [0.25, 0.3) is 0 Å². The molecule has 0 aliphatic heterocycles. The molecule has 3 aromatic heterocycles. The fourth-order valence-electron chi connectivity index (χ4n) is 5.97. The van der Waals surface area contributed by atoms with E-state index in [1.54, 1.807) is 0 Å². The van der Waals surface area contributed by atoms with Crippen molar-refractivity contribution in [1.82, 2.24) is 15.0 Å². The van der Waals surface area contributed by atoms with E-state index in [2.05, 4.69) is 48.5 Å². The van der Waals surface area contributed by atoms with Gasteiger partial charge in [-0.15, -0.1) is 0 Å². The van der Waals surface area contributed by atoms with Crippen molar-refractivity contribution in [2.45, 2.75) is 0 Å². The van der Waals surface area contributed by atoms with E-state index in [0.29, 0.717) is 17.5 Å². The highest BCUT2D eigenvalue weighted by Crippen LogP contribution is 2.40. The maximum atomic E-state index is 6.37. The van der Waals surface area contributed by atoms with Gasteiger partial charge in [0.05, 0.1) is 0 Å². The zero-order chi connectivity index (χ0) is 29.0. The fraction of sp³-hybridized carbons (Fsp3) is 0. The van der Waals surface area contributed by atoms with Gasteiger partial charge < -0.3 is 8.83 Å². The average Bonchev–Trinajstić information content (AvgIpc) is 3.67. The summed E-state index contributed by atoms with van der Waals surface area (Å²) in [5.74, 6) is 1.91. The molecular formula is C39H23N3O2. The first-order valence-electron chi connectivity index (χ1n) is 14.5. The van der Waals surface area contributed by atoms with E-state index in [1.807, 2.05) is 91.0 Å². The summed E-state index contributed by atoms with van der Waals surface area (Å²) in [6.45, 7) is 0. The Morgan fingerprint density at radius 2 is 0.818 bits per heavy atom. The summed E-state index contributed by atoms with van der Waals surface area (Å²) in [6.07, 6.45) is 0. The van der Waals surface area contributed by atoms with Crippen molar-refractivity contribution in [2.75, 3.05) is 0 Å². The zero-order valence-corrected chi connectivity index (χ0v) is 23.4. The maximum Gasteiger partial charge on any atom is 0.178 e. The van der Waals surface area contributed by atoms with Gasteiger partial charge in [0, 0.05) is 38.2 Å². The summed E-state index contributed by atoms with van der Waals surface area (Å²) in [6, 6.07) is 47.1. The predicted octanol–water partition coefficient (Wildman–Crippen LogP) is 10.3. The third-order valence-electron chi connectivity index (χ3n) is 8.14. The molecule has 0 amide bonds. The first-order chi connectivity index (χ1) is 21.8. The van der Waals surface area contributed by atoms with E-state index < -0.39 is 0 Å². The molecule has 0 saturated heterocycles. The molecule has 0 atom stereocenters. The van der Waals surface area contributed by atoms with Gasteiger partial charge in [-0.3, -0.25) is 0 Å². The summed E-state index contributed by atoms with van der Waals surface area (Å²) in [4.78, 5) is 14.7. The van der Waals surface area contributed by atoms with Crippen LogP contribution in [0.15, 0.2) is 148 Å². The Morgan fingerprint density at radius 1 is 0.318 bits per heavy atom. The van der Waals surface area contributed by atoms with Crippen LogP contribution in [-0.4, -0.2) is 15.0 Å². The lowest BCUT2D eigenvalue weighted by molar-refractivity contribution is 0.633. The van der Waals surface area contributed by atoms with E-state index in [4.69, 9.17) is 23.8 Å². The molecule has 9 rings (SSSR count). The lowest BCUT2D eigenvalue weighted by Crippen LogP contribution is -2.00. The van der Waals surface area contributed by atoms with Crippen LogP contribution in [0.2, 0.25) is 0 Å². The van der Waals surface area contributed by atoms with Crippen LogP contribution in [0.3, 0.4) is 0 Å². The van der Waals surface area contributed by atoms with Crippen molar-refractivity contribution < 1.29 is 8.83 Å². The molecule has 0 N–H and O–H groups in total. The molecule has 0 fully saturated rings. The van der Waals surface area contributed by atoms with Gasteiger partial charge in [-0.25, -0.2) is 15.0 Å². The van der Waals surface area contributed by atoms with E-state index in [1.165, 1.54) is 0 Å². The van der Waals surface area contributed by atoms with Crippen molar-refractivity contribution in [2.24, 2.45) is 0 Å². The van der Waals surface area contributed by atoms with Crippen molar-refractivity contribution in [1.29, 1.82) is 0 Å². The van der Waals surface area contributed by atoms with Crippen LogP contribution in [0.4, 0.5) is 0 Å². The number of aromatic nitrogens is 3. The Bertz CT molecular complexity index is 2440. The van der Waals surface area contributed by atoms with E-state index in [0.717, 1.165) is 71.7 Å². The molecule has 9 aromatic rings. The minimum absolute atomic E-state index is 0.627. The summed E-state index contributed by atoms with van der Waals surface area (Å²) in [5, 5.41) is 4.22. The molecule has 44 heavy (non-hydrogen) atoms. The third kappa shape index (κ3) is 3.98. The Labute approximate surface area is 252 Å². The maximum absolute atomic E-state index is 6.37. The normalized spacial score (nSPS) is 11.6. The number of furan rings is 2. The van der Waals surface area contributed by atoms with E-state index >= 15 is 0 Å². The lowest BCUT2D eigenvalue weighted by Gasteiger charge is -2.09. The molecule has 0 unspecified atom stereocenters.